The Labute approximate surface area is 160 Å². The predicted octanol–water partition coefficient (Wildman–Crippen LogP) is 2.68. The van der Waals surface area contributed by atoms with Gasteiger partial charge in [0.15, 0.2) is 0 Å². The number of nitriles is 1. The molecule has 4 rings (SSSR count). The lowest BCUT2D eigenvalue weighted by molar-refractivity contribution is -0.149. The molecular weight excluding hydrogens is 340 g/mol. The number of hydrogen-bond donors (Lipinski definition) is 0. The molecule has 2 saturated heterocycles. The van der Waals surface area contributed by atoms with Gasteiger partial charge in [-0.25, -0.2) is 0 Å². The minimum Gasteiger partial charge on any atom is -0.345 e. The van der Waals surface area contributed by atoms with E-state index in [4.69, 9.17) is 5.26 Å². The smallest absolute Gasteiger partial charge is 0.270 e. The van der Waals surface area contributed by atoms with Crippen LogP contribution in [-0.2, 0) is 11.8 Å². The van der Waals surface area contributed by atoms with E-state index in [1.165, 1.54) is 19.3 Å². The third kappa shape index (κ3) is 3.13. The monoisotopic (exact) mass is 368 g/mol. The van der Waals surface area contributed by atoms with Gasteiger partial charge in [0, 0.05) is 38.9 Å². The molecule has 1 aliphatic carbocycles. The minimum atomic E-state index is -0.394. The van der Waals surface area contributed by atoms with E-state index in [0.29, 0.717) is 30.4 Å². The molecule has 1 aromatic rings. The number of likely N-dealkylation sites (tertiary alicyclic amines) is 2. The summed E-state index contributed by atoms with van der Waals surface area (Å²) >= 11 is 0. The molecule has 3 heterocycles. The maximum absolute atomic E-state index is 13.4. The van der Waals surface area contributed by atoms with Crippen molar-refractivity contribution >= 4 is 11.8 Å². The Hall–Kier alpha value is -2.29. The molecule has 0 aromatic carbocycles. The van der Waals surface area contributed by atoms with Gasteiger partial charge in [-0.1, -0.05) is 19.3 Å². The maximum atomic E-state index is 13.4. The molecule has 0 N–H and O–H groups in total. The molecule has 1 spiro atoms. The van der Waals surface area contributed by atoms with Crippen molar-refractivity contribution in [3.05, 3.63) is 23.5 Å². The highest BCUT2D eigenvalue weighted by Gasteiger charge is 2.50. The fourth-order valence-corrected chi connectivity index (χ4v) is 5.27. The van der Waals surface area contributed by atoms with Gasteiger partial charge < -0.3 is 14.4 Å². The number of carbonyl (C=O) groups excluding carboxylic acids is 2. The molecule has 2 aliphatic heterocycles. The van der Waals surface area contributed by atoms with E-state index in [2.05, 4.69) is 11.0 Å². The number of aromatic nitrogens is 1. The van der Waals surface area contributed by atoms with Crippen LogP contribution in [0.1, 0.15) is 67.4 Å². The second kappa shape index (κ2) is 7.03. The fourth-order valence-electron chi connectivity index (χ4n) is 5.27. The summed E-state index contributed by atoms with van der Waals surface area (Å²) in [7, 11) is 1.79. The van der Waals surface area contributed by atoms with Gasteiger partial charge in [-0.15, -0.1) is 0 Å². The zero-order valence-corrected chi connectivity index (χ0v) is 16.1. The van der Waals surface area contributed by atoms with Crippen LogP contribution in [0.2, 0.25) is 0 Å². The van der Waals surface area contributed by atoms with Crippen LogP contribution >= 0.6 is 0 Å². The normalized spacial score (nSPS) is 26.6. The van der Waals surface area contributed by atoms with Crippen molar-refractivity contribution in [3.63, 3.8) is 0 Å². The first-order valence-electron chi connectivity index (χ1n) is 10.2. The first-order valence-corrected chi connectivity index (χ1v) is 10.2. The summed E-state index contributed by atoms with van der Waals surface area (Å²) in [6.07, 6.45) is 10.3. The molecule has 6 heteroatoms. The first kappa shape index (κ1) is 18.1. The molecule has 0 unspecified atom stereocenters. The number of rotatable bonds is 2. The summed E-state index contributed by atoms with van der Waals surface area (Å²) in [4.78, 5) is 30.4. The first-order chi connectivity index (χ1) is 13.0. The molecule has 0 radical (unpaired) electrons. The Morgan fingerprint density at radius 1 is 1.19 bits per heavy atom. The number of aryl methyl sites for hydroxylation is 1. The third-order valence-corrected chi connectivity index (χ3v) is 6.78. The second-order valence-electron chi connectivity index (χ2n) is 8.49. The van der Waals surface area contributed by atoms with Gasteiger partial charge in [0.2, 0.25) is 5.91 Å². The molecule has 2 amide bonds. The van der Waals surface area contributed by atoms with Crippen molar-refractivity contribution in [2.75, 3.05) is 19.6 Å². The van der Waals surface area contributed by atoms with E-state index in [-0.39, 0.29) is 11.8 Å². The largest absolute Gasteiger partial charge is 0.345 e. The van der Waals surface area contributed by atoms with E-state index >= 15 is 0 Å². The number of hydrogen-bond acceptors (Lipinski definition) is 3. The Morgan fingerprint density at radius 2 is 1.96 bits per heavy atom. The van der Waals surface area contributed by atoms with Gasteiger partial charge in [0.1, 0.15) is 11.8 Å². The van der Waals surface area contributed by atoms with E-state index in [1.807, 2.05) is 4.90 Å². The van der Waals surface area contributed by atoms with Crippen LogP contribution in [0.5, 0.6) is 0 Å². The Bertz CT molecular complexity index is 787. The van der Waals surface area contributed by atoms with Crippen molar-refractivity contribution in [2.45, 2.75) is 57.4 Å². The summed E-state index contributed by atoms with van der Waals surface area (Å²) in [6.45, 7) is 2.01. The molecule has 0 bridgehead atoms. The molecule has 3 fully saturated rings. The summed E-state index contributed by atoms with van der Waals surface area (Å²) in [5, 5.41) is 9.07. The number of carbonyl (C=O) groups is 2. The minimum absolute atomic E-state index is 0.0709. The highest BCUT2D eigenvalue weighted by molar-refractivity contribution is 5.94. The lowest BCUT2D eigenvalue weighted by Crippen LogP contribution is -2.54. The van der Waals surface area contributed by atoms with E-state index < -0.39 is 5.41 Å². The topological polar surface area (TPSA) is 69.3 Å². The van der Waals surface area contributed by atoms with Crippen LogP contribution in [0, 0.1) is 16.7 Å². The molecule has 27 heavy (non-hydrogen) atoms. The van der Waals surface area contributed by atoms with E-state index in [1.54, 1.807) is 23.9 Å². The second-order valence-corrected chi connectivity index (χ2v) is 8.49. The van der Waals surface area contributed by atoms with Crippen molar-refractivity contribution in [1.82, 2.24) is 14.4 Å². The van der Waals surface area contributed by atoms with Gasteiger partial charge in [0.25, 0.3) is 5.91 Å². The zero-order valence-electron chi connectivity index (χ0n) is 16.1. The number of nitrogens with zero attached hydrogens (tertiary/aromatic N) is 4. The summed E-state index contributed by atoms with van der Waals surface area (Å²) in [5.41, 5.74) is 0.622. The van der Waals surface area contributed by atoms with Gasteiger partial charge in [-0.2, -0.15) is 5.26 Å². The van der Waals surface area contributed by atoms with Gasteiger partial charge >= 0.3 is 0 Å². The number of amides is 2. The quantitative estimate of drug-likeness (QED) is 0.806. The summed E-state index contributed by atoms with van der Waals surface area (Å²) < 4.78 is 1.71. The lowest BCUT2D eigenvalue weighted by Gasteiger charge is -2.44. The highest BCUT2D eigenvalue weighted by Crippen LogP contribution is 2.42. The molecule has 3 aliphatic rings. The molecule has 1 atom stereocenters. The van der Waals surface area contributed by atoms with Crippen LogP contribution in [0.25, 0.3) is 0 Å². The fraction of sp³-hybridized carbons (Fsp3) is 0.667. The molecular formula is C21H28N4O2. The van der Waals surface area contributed by atoms with Gasteiger partial charge in [-0.05, 0) is 38.2 Å². The number of piperidine rings is 1. The predicted molar refractivity (Wildman–Crippen MR) is 101 cm³/mol. The van der Waals surface area contributed by atoms with Crippen molar-refractivity contribution < 1.29 is 9.59 Å². The summed E-state index contributed by atoms with van der Waals surface area (Å²) in [6, 6.07) is 4.13. The van der Waals surface area contributed by atoms with Crippen LogP contribution in [0.4, 0.5) is 0 Å². The molecule has 1 aromatic heterocycles. The Balaban J connectivity index is 1.50. The molecule has 6 nitrogen and oxygen atoms in total. The third-order valence-electron chi connectivity index (χ3n) is 6.78. The summed E-state index contributed by atoms with van der Waals surface area (Å²) in [5.74, 6) is 0.207. The molecule has 144 valence electrons. The zero-order chi connectivity index (χ0) is 19.0. The van der Waals surface area contributed by atoms with Crippen molar-refractivity contribution in [3.8, 4) is 6.07 Å². The van der Waals surface area contributed by atoms with Crippen LogP contribution in [0.15, 0.2) is 12.3 Å². The average molecular weight is 368 g/mol. The highest BCUT2D eigenvalue weighted by atomic mass is 16.2. The van der Waals surface area contributed by atoms with Crippen LogP contribution in [0.3, 0.4) is 0 Å². The van der Waals surface area contributed by atoms with Gasteiger partial charge in [-0.3, -0.25) is 9.59 Å². The van der Waals surface area contributed by atoms with E-state index in [0.717, 1.165) is 38.6 Å². The Kier molecular flexibility index (Phi) is 4.71. The van der Waals surface area contributed by atoms with E-state index in [9.17, 15) is 9.59 Å². The van der Waals surface area contributed by atoms with Crippen LogP contribution in [-0.4, -0.2) is 51.9 Å². The van der Waals surface area contributed by atoms with Crippen LogP contribution < -0.4 is 0 Å². The standard InChI is InChI=1S/C21H28N4O2/c1-23-14-16(13-22)12-18(23)19(26)24-11-9-21(15-24)8-5-10-25(20(21)27)17-6-3-2-4-7-17/h12,14,17H,2-11,15H2,1H3/t21-/m1/s1. The maximum Gasteiger partial charge on any atom is 0.270 e. The van der Waals surface area contributed by atoms with Gasteiger partial charge in [0.05, 0.1) is 11.0 Å². The van der Waals surface area contributed by atoms with Crippen molar-refractivity contribution in [2.24, 2.45) is 12.5 Å². The Morgan fingerprint density at radius 3 is 2.67 bits per heavy atom. The molecule has 1 saturated carbocycles. The van der Waals surface area contributed by atoms with Crippen molar-refractivity contribution in [1.29, 1.82) is 5.26 Å². The SMILES string of the molecule is Cn1cc(C#N)cc1C(=O)N1CC[C@]2(CCCN(C3CCCCC3)C2=O)C1. The average Bonchev–Trinajstić information content (AvgIpc) is 3.29. The lowest BCUT2D eigenvalue weighted by atomic mass is 9.77.